The molecule has 0 saturated heterocycles. The monoisotopic (exact) mass is 322 g/mol. The lowest BCUT2D eigenvalue weighted by atomic mass is 9.87. The Morgan fingerprint density at radius 2 is 2.26 bits per heavy atom. The van der Waals surface area contributed by atoms with Crippen LogP contribution in [0.15, 0.2) is 18.2 Å². The van der Waals surface area contributed by atoms with Crippen molar-refractivity contribution in [1.29, 1.82) is 0 Å². The highest BCUT2D eigenvalue weighted by molar-refractivity contribution is 6.01. The van der Waals surface area contributed by atoms with Gasteiger partial charge in [-0.15, -0.1) is 0 Å². The van der Waals surface area contributed by atoms with Crippen LogP contribution < -0.4 is 10.6 Å². The molecule has 0 saturated carbocycles. The zero-order valence-corrected chi connectivity index (χ0v) is 13.6. The van der Waals surface area contributed by atoms with E-state index in [0.717, 1.165) is 6.42 Å². The molecule has 1 aliphatic rings. The van der Waals surface area contributed by atoms with Gasteiger partial charge < -0.3 is 15.7 Å². The molecule has 0 bridgehead atoms. The smallest absolute Gasteiger partial charge is 0.228 e. The van der Waals surface area contributed by atoms with Crippen molar-refractivity contribution >= 4 is 17.5 Å². The molecule has 2 amide bonds. The maximum absolute atomic E-state index is 13.3. The van der Waals surface area contributed by atoms with Crippen molar-refractivity contribution in [2.75, 3.05) is 11.9 Å². The summed E-state index contributed by atoms with van der Waals surface area (Å²) in [5, 5.41) is 15.7. The maximum Gasteiger partial charge on any atom is 0.228 e. The Balaban J connectivity index is 2.13. The highest BCUT2D eigenvalue weighted by Crippen LogP contribution is 2.33. The number of aliphatic hydroxyl groups is 1. The number of hydrogen-bond acceptors (Lipinski definition) is 3. The minimum atomic E-state index is -1.02. The predicted octanol–water partition coefficient (Wildman–Crippen LogP) is 2.16. The minimum Gasteiger partial charge on any atom is -0.388 e. The molecular weight excluding hydrogens is 299 g/mol. The van der Waals surface area contributed by atoms with Gasteiger partial charge in [-0.25, -0.2) is 4.39 Å². The Morgan fingerprint density at radius 3 is 2.91 bits per heavy atom. The van der Waals surface area contributed by atoms with Crippen molar-refractivity contribution in [3.63, 3.8) is 0 Å². The van der Waals surface area contributed by atoms with E-state index in [1.807, 2.05) is 13.8 Å². The van der Waals surface area contributed by atoms with E-state index in [1.54, 1.807) is 6.92 Å². The van der Waals surface area contributed by atoms with E-state index >= 15 is 0 Å². The molecule has 23 heavy (non-hydrogen) atoms. The second-order valence-corrected chi connectivity index (χ2v) is 6.42. The molecule has 0 fully saturated rings. The van der Waals surface area contributed by atoms with Crippen LogP contribution >= 0.6 is 0 Å². The largest absolute Gasteiger partial charge is 0.388 e. The number of nitrogens with one attached hydrogen (secondary N) is 2. The van der Waals surface area contributed by atoms with Gasteiger partial charge in [-0.05, 0) is 30.5 Å². The number of halogens is 1. The molecule has 0 spiro atoms. The number of anilines is 1. The van der Waals surface area contributed by atoms with Gasteiger partial charge in [-0.1, -0.05) is 26.3 Å². The lowest BCUT2D eigenvalue weighted by molar-refractivity contribution is -0.127. The van der Waals surface area contributed by atoms with Crippen molar-refractivity contribution in [3.8, 4) is 0 Å². The summed E-state index contributed by atoms with van der Waals surface area (Å²) in [6.45, 7) is 5.67. The topological polar surface area (TPSA) is 78.4 Å². The SMILES string of the molecule is CCC(C)C(C)(O)CNC(=O)C1CC(=O)Nc2cc(F)ccc21. The summed E-state index contributed by atoms with van der Waals surface area (Å²) in [4.78, 5) is 24.2. The van der Waals surface area contributed by atoms with Crippen LogP contribution in [0, 0.1) is 11.7 Å². The first-order valence-electron chi connectivity index (χ1n) is 7.84. The van der Waals surface area contributed by atoms with E-state index in [-0.39, 0.29) is 30.7 Å². The molecule has 3 atom stereocenters. The molecule has 126 valence electrons. The fraction of sp³-hybridized carbons (Fsp3) is 0.529. The van der Waals surface area contributed by atoms with Crippen LogP contribution in [0.3, 0.4) is 0 Å². The molecule has 0 aliphatic carbocycles. The zero-order valence-electron chi connectivity index (χ0n) is 13.6. The molecule has 1 aliphatic heterocycles. The van der Waals surface area contributed by atoms with Gasteiger partial charge in [0.1, 0.15) is 5.82 Å². The molecule has 3 unspecified atom stereocenters. The number of rotatable bonds is 5. The molecule has 3 N–H and O–H groups in total. The van der Waals surface area contributed by atoms with Crippen molar-refractivity contribution in [2.24, 2.45) is 5.92 Å². The predicted molar refractivity (Wildman–Crippen MR) is 85.5 cm³/mol. The van der Waals surface area contributed by atoms with E-state index < -0.39 is 17.3 Å². The van der Waals surface area contributed by atoms with Crippen LogP contribution in [-0.2, 0) is 9.59 Å². The highest BCUT2D eigenvalue weighted by atomic mass is 19.1. The summed E-state index contributed by atoms with van der Waals surface area (Å²) in [5.41, 5.74) is -0.103. The minimum absolute atomic E-state index is 0.00986. The Labute approximate surface area is 135 Å². The van der Waals surface area contributed by atoms with Crippen molar-refractivity contribution in [1.82, 2.24) is 5.32 Å². The van der Waals surface area contributed by atoms with Crippen LogP contribution in [0.4, 0.5) is 10.1 Å². The van der Waals surface area contributed by atoms with Crippen molar-refractivity contribution < 1.29 is 19.1 Å². The first-order chi connectivity index (χ1) is 10.7. The summed E-state index contributed by atoms with van der Waals surface area (Å²) in [7, 11) is 0. The third-order valence-corrected chi connectivity index (χ3v) is 4.67. The van der Waals surface area contributed by atoms with Crippen molar-refractivity contribution in [2.45, 2.75) is 45.1 Å². The average molecular weight is 322 g/mol. The Morgan fingerprint density at radius 1 is 1.57 bits per heavy atom. The second kappa shape index (κ2) is 6.66. The third-order valence-electron chi connectivity index (χ3n) is 4.67. The van der Waals surface area contributed by atoms with Crippen LogP contribution in [0.2, 0.25) is 0 Å². The van der Waals surface area contributed by atoms with Gasteiger partial charge in [0.05, 0.1) is 11.5 Å². The molecular formula is C17H23FN2O3. The van der Waals surface area contributed by atoms with E-state index in [2.05, 4.69) is 10.6 Å². The second-order valence-electron chi connectivity index (χ2n) is 6.42. The molecule has 2 rings (SSSR count). The molecule has 6 heteroatoms. The summed E-state index contributed by atoms with van der Waals surface area (Å²) in [6.07, 6.45) is 0.798. The van der Waals surface area contributed by atoms with E-state index in [9.17, 15) is 19.1 Å². The van der Waals surface area contributed by atoms with Crippen LogP contribution in [0.1, 0.15) is 45.1 Å². The van der Waals surface area contributed by atoms with Gasteiger partial charge in [0.2, 0.25) is 11.8 Å². The maximum atomic E-state index is 13.3. The van der Waals surface area contributed by atoms with E-state index in [1.165, 1.54) is 18.2 Å². The molecule has 1 aromatic carbocycles. The van der Waals surface area contributed by atoms with Gasteiger partial charge in [0.15, 0.2) is 0 Å². The summed E-state index contributed by atoms with van der Waals surface area (Å²) in [5.74, 6) is -1.77. The Kier molecular flexibility index (Phi) is 5.04. The van der Waals surface area contributed by atoms with Gasteiger partial charge in [0, 0.05) is 18.7 Å². The number of fused-ring (bicyclic) bond motifs is 1. The quantitative estimate of drug-likeness (QED) is 0.777. The highest BCUT2D eigenvalue weighted by Gasteiger charge is 2.33. The van der Waals surface area contributed by atoms with Gasteiger partial charge in [-0.3, -0.25) is 9.59 Å². The van der Waals surface area contributed by atoms with Crippen LogP contribution in [0.5, 0.6) is 0 Å². The van der Waals surface area contributed by atoms with Gasteiger partial charge in [0.25, 0.3) is 0 Å². The summed E-state index contributed by atoms with van der Waals surface area (Å²) >= 11 is 0. The number of carbonyl (C=O) groups is 2. The standard InChI is InChI=1S/C17H23FN2O3/c1-4-10(2)17(3,23)9-19-16(22)13-8-15(21)20-14-7-11(18)5-6-12(13)14/h5-7,10,13,23H,4,8-9H2,1-3H3,(H,19,22)(H,20,21). The van der Waals surface area contributed by atoms with Crippen LogP contribution in [0.25, 0.3) is 0 Å². The summed E-state index contributed by atoms with van der Waals surface area (Å²) in [6, 6.07) is 4.00. The number of amides is 2. The normalized spacial score (nSPS) is 20.9. The number of carbonyl (C=O) groups excluding carboxylic acids is 2. The first-order valence-corrected chi connectivity index (χ1v) is 7.84. The Hall–Kier alpha value is -1.95. The fourth-order valence-electron chi connectivity index (χ4n) is 2.67. The van der Waals surface area contributed by atoms with E-state index in [0.29, 0.717) is 11.3 Å². The van der Waals surface area contributed by atoms with Crippen LogP contribution in [-0.4, -0.2) is 29.1 Å². The Bertz CT molecular complexity index is 616. The third kappa shape index (κ3) is 3.88. The van der Waals surface area contributed by atoms with E-state index in [4.69, 9.17) is 0 Å². The number of hydrogen-bond donors (Lipinski definition) is 3. The lowest BCUT2D eigenvalue weighted by Crippen LogP contribution is -2.47. The van der Waals surface area contributed by atoms with Crippen molar-refractivity contribution in [3.05, 3.63) is 29.6 Å². The molecule has 0 aromatic heterocycles. The molecule has 1 heterocycles. The fourth-order valence-corrected chi connectivity index (χ4v) is 2.67. The zero-order chi connectivity index (χ0) is 17.2. The molecule has 1 aromatic rings. The first kappa shape index (κ1) is 17.4. The average Bonchev–Trinajstić information content (AvgIpc) is 2.50. The lowest BCUT2D eigenvalue weighted by Gasteiger charge is -2.31. The number of benzene rings is 1. The van der Waals surface area contributed by atoms with Gasteiger partial charge in [-0.2, -0.15) is 0 Å². The van der Waals surface area contributed by atoms with Gasteiger partial charge >= 0.3 is 0 Å². The summed E-state index contributed by atoms with van der Waals surface area (Å²) < 4.78 is 13.3. The molecule has 0 radical (unpaired) electrons. The molecule has 5 nitrogen and oxygen atoms in total.